The summed E-state index contributed by atoms with van der Waals surface area (Å²) in [6, 6.07) is 13.9. The first-order chi connectivity index (χ1) is 14.4. The second kappa shape index (κ2) is 7.81. The molecule has 0 spiro atoms. The Morgan fingerprint density at radius 1 is 0.800 bits per heavy atom. The summed E-state index contributed by atoms with van der Waals surface area (Å²) in [5, 5.41) is 14.8. The third-order valence-electron chi connectivity index (χ3n) is 4.49. The monoisotopic (exact) mass is 442 g/mol. The molecule has 0 saturated heterocycles. The van der Waals surface area contributed by atoms with Crippen molar-refractivity contribution in [2.45, 2.75) is 13.8 Å². The van der Waals surface area contributed by atoms with Crippen molar-refractivity contribution in [2.75, 3.05) is 0 Å². The van der Waals surface area contributed by atoms with Gasteiger partial charge < -0.3 is 0 Å². The maximum absolute atomic E-state index is 12.9. The standard InChI is InChI=1S/C20H16Cl2N6O2/c1-11-17(19(29)27(25-11)14-6-4-3-5-7-14)23-24-18-12(2)26-28(20(18)30)16-10-13(21)8-9-15(16)22/h3-10,25-26H,1-2H3. The van der Waals surface area contributed by atoms with Gasteiger partial charge in [0.2, 0.25) is 0 Å². The number of rotatable bonds is 4. The molecule has 2 N–H and O–H groups in total. The molecule has 0 unspecified atom stereocenters. The summed E-state index contributed by atoms with van der Waals surface area (Å²) in [6.07, 6.45) is 0. The number of nitrogens with zero attached hydrogens (tertiary/aromatic N) is 4. The van der Waals surface area contributed by atoms with Crippen LogP contribution in [0, 0.1) is 13.8 Å². The molecule has 0 saturated carbocycles. The van der Waals surface area contributed by atoms with Crippen molar-refractivity contribution in [3.05, 3.63) is 90.7 Å². The molecule has 30 heavy (non-hydrogen) atoms. The van der Waals surface area contributed by atoms with E-state index in [1.165, 1.54) is 9.36 Å². The summed E-state index contributed by atoms with van der Waals surface area (Å²) >= 11 is 12.2. The van der Waals surface area contributed by atoms with E-state index in [1.807, 2.05) is 18.2 Å². The number of aromatic nitrogens is 4. The minimum absolute atomic E-state index is 0.0669. The number of benzene rings is 2. The highest BCUT2D eigenvalue weighted by Crippen LogP contribution is 2.25. The molecule has 4 aromatic rings. The molecule has 10 heteroatoms. The molecule has 8 nitrogen and oxygen atoms in total. The minimum Gasteiger partial charge on any atom is -0.293 e. The predicted octanol–water partition coefficient (Wildman–Crippen LogP) is 4.98. The number of nitrogens with one attached hydrogen (secondary N) is 2. The molecule has 0 radical (unpaired) electrons. The molecular formula is C20H16Cl2N6O2. The zero-order valence-electron chi connectivity index (χ0n) is 16.0. The largest absolute Gasteiger partial charge is 0.299 e. The van der Waals surface area contributed by atoms with Gasteiger partial charge in [-0.3, -0.25) is 19.8 Å². The number of hydrogen-bond acceptors (Lipinski definition) is 4. The molecule has 0 atom stereocenters. The van der Waals surface area contributed by atoms with Crippen LogP contribution < -0.4 is 11.1 Å². The van der Waals surface area contributed by atoms with Gasteiger partial charge in [0.25, 0.3) is 11.1 Å². The number of hydrogen-bond donors (Lipinski definition) is 2. The second-order valence-electron chi connectivity index (χ2n) is 6.58. The molecule has 0 aliphatic carbocycles. The lowest BCUT2D eigenvalue weighted by atomic mass is 10.3. The van der Waals surface area contributed by atoms with Crippen molar-refractivity contribution in [3.8, 4) is 11.4 Å². The summed E-state index contributed by atoms with van der Waals surface area (Å²) in [5.74, 6) is 0. The molecular weight excluding hydrogens is 427 g/mol. The summed E-state index contributed by atoms with van der Waals surface area (Å²) in [4.78, 5) is 25.6. The van der Waals surface area contributed by atoms with E-state index in [0.717, 1.165) is 0 Å². The first-order valence-electron chi connectivity index (χ1n) is 8.92. The van der Waals surface area contributed by atoms with E-state index in [9.17, 15) is 9.59 Å². The Bertz CT molecular complexity index is 1380. The lowest BCUT2D eigenvalue weighted by Gasteiger charge is -2.04. The zero-order valence-corrected chi connectivity index (χ0v) is 17.5. The van der Waals surface area contributed by atoms with E-state index in [0.29, 0.717) is 32.8 Å². The number of azo groups is 1. The zero-order chi connectivity index (χ0) is 21.4. The van der Waals surface area contributed by atoms with Crippen LogP contribution in [0.15, 0.2) is 68.3 Å². The van der Waals surface area contributed by atoms with Crippen molar-refractivity contribution in [2.24, 2.45) is 10.2 Å². The van der Waals surface area contributed by atoms with E-state index in [2.05, 4.69) is 20.4 Å². The van der Waals surface area contributed by atoms with Crippen molar-refractivity contribution in [1.29, 1.82) is 0 Å². The second-order valence-corrected chi connectivity index (χ2v) is 7.43. The third-order valence-corrected chi connectivity index (χ3v) is 5.05. The fourth-order valence-electron chi connectivity index (χ4n) is 3.00. The molecule has 0 aliphatic rings. The Labute approximate surface area is 180 Å². The Kier molecular flexibility index (Phi) is 5.19. The maximum Gasteiger partial charge on any atom is 0.299 e. The summed E-state index contributed by atoms with van der Waals surface area (Å²) < 4.78 is 2.61. The van der Waals surface area contributed by atoms with E-state index in [-0.39, 0.29) is 16.9 Å². The molecule has 4 rings (SSSR count). The Morgan fingerprint density at radius 3 is 2.00 bits per heavy atom. The summed E-state index contributed by atoms with van der Waals surface area (Å²) in [5.41, 5.74) is 1.41. The molecule has 2 heterocycles. The molecule has 152 valence electrons. The van der Waals surface area contributed by atoms with Gasteiger partial charge in [0.05, 0.1) is 27.8 Å². The fraction of sp³-hybridized carbons (Fsp3) is 0.100. The van der Waals surface area contributed by atoms with Crippen molar-refractivity contribution in [1.82, 2.24) is 19.6 Å². The van der Waals surface area contributed by atoms with Gasteiger partial charge in [-0.15, -0.1) is 10.2 Å². The van der Waals surface area contributed by atoms with Gasteiger partial charge in [0.1, 0.15) is 0 Å². The van der Waals surface area contributed by atoms with Crippen LogP contribution in [0.3, 0.4) is 0 Å². The Morgan fingerprint density at radius 2 is 1.37 bits per heavy atom. The van der Waals surface area contributed by atoms with E-state index in [1.54, 1.807) is 44.2 Å². The molecule has 2 aromatic heterocycles. The van der Waals surface area contributed by atoms with Gasteiger partial charge in [0, 0.05) is 5.02 Å². The van der Waals surface area contributed by atoms with E-state index < -0.39 is 5.56 Å². The quantitative estimate of drug-likeness (QED) is 0.435. The van der Waals surface area contributed by atoms with Crippen LogP contribution in [-0.2, 0) is 0 Å². The highest BCUT2D eigenvalue weighted by atomic mass is 35.5. The SMILES string of the molecule is Cc1[nH]n(-c2ccccc2)c(=O)c1N=Nc1c(C)[nH]n(-c2cc(Cl)ccc2Cl)c1=O. The summed E-state index contributed by atoms with van der Waals surface area (Å²) in [6.45, 7) is 3.39. The molecule has 2 aromatic carbocycles. The molecule has 0 aliphatic heterocycles. The highest BCUT2D eigenvalue weighted by Gasteiger charge is 2.16. The van der Waals surface area contributed by atoms with Crippen molar-refractivity contribution >= 4 is 34.6 Å². The minimum atomic E-state index is -0.461. The highest BCUT2D eigenvalue weighted by molar-refractivity contribution is 6.34. The number of para-hydroxylation sites is 1. The normalized spacial score (nSPS) is 11.5. The molecule has 0 amide bonds. The Hall–Kier alpha value is -3.36. The average Bonchev–Trinajstić information content (AvgIpc) is 3.18. The summed E-state index contributed by atoms with van der Waals surface area (Å²) in [7, 11) is 0. The maximum atomic E-state index is 12.9. The van der Waals surface area contributed by atoms with Gasteiger partial charge in [-0.25, -0.2) is 9.36 Å². The van der Waals surface area contributed by atoms with Crippen molar-refractivity contribution in [3.63, 3.8) is 0 Å². The van der Waals surface area contributed by atoms with Gasteiger partial charge in [-0.2, -0.15) is 0 Å². The van der Waals surface area contributed by atoms with E-state index >= 15 is 0 Å². The van der Waals surface area contributed by atoms with E-state index in [4.69, 9.17) is 23.2 Å². The van der Waals surface area contributed by atoms with Gasteiger partial charge in [-0.1, -0.05) is 41.4 Å². The van der Waals surface area contributed by atoms with Crippen LogP contribution in [0.1, 0.15) is 11.4 Å². The number of H-pyrrole nitrogens is 2. The van der Waals surface area contributed by atoms with Crippen LogP contribution in [-0.4, -0.2) is 19.6 Å². The van der Waals surface area contributed by atoms with Gasteiger partial charge >= 0.3 is 0 Å². The number of aryl methyl sites for hydroxylation is 2. The molecule has 0 fully saturated rings. The van der Waals surface area contributed by atoms with Gasteiger partial charge in [0.15, 0.2) is 11.4 Å². The smallest absolute Gasteiger partial charge is 0.293 e. The van der Waals surface area contributed by atoms with Crippen molar-refractivity contribution < 1.29 is 0 Å². The number of halogens is 2. The first-order valence-corrected chi connectivity index (χ1v) is 9.68. The predicted molar refractivity (Wildman–Crippen MR) is 116 cm³/mol. The van der Waals surface area contributed by atoms with Crippen LogP contribution >= 0.6 is 23.2 Å². The first kappa shape index (κ1) is 19.9. The lowest BCUT2D eigenvalue weighted by molar-refractivity contribution is 0.835. The average molecular weight is 443 g/mol. The Balaban J connectivity index is 1.76. The van der Waals surface area contributed by atoms with Crippen LogP contribution in [0.25, 0.3) is 11.4 Å². The van der Waals surface area contributed by atoms with Crippen LogP contribution in [0.5, 0.6) is 0 Å². The lowest BCUT2D eigenvalue weighted by Crippen LogP contribution is -2.14. The van der Waals surface area contributed by atoms with Crippen LogP contribution in [0.2, 0.25) is 10.0 Å². The fourth-order valence-corrected chi connectivity index (χ4v) is 3.37. The topological polar surface area (TPSA) is 100 Å². The van der Waals surface area contributed by atoms with Gasteiger partial charge in [-0.05, 0) is 44.2 Å². The molecule has 0 bridgehead atoms. The number of aromatic amines is 2. The third kappa shape index (κ3) is 3.51. The van der Waals surface area contributed by atoms with Crippen LogP contribution in [0.4, 0.5) is 11.4 Å².